The molecule has 0 saturated heterocycles. The second-order valence-corrected chi connectivity index (χ2v) is 4.86. The van der Waals surface area contributed by atoms with E-state index in [1.54, 1.807) is 24.3 Å². The Labute approximate surface area is 134 Å². The first-order chi connectivity index (χ1) is 11.2. The lowest BCUT2D eigenvalue weighted by Gasteiger charge is -2.07. The molecule has 2 amide bonds. The number of aromatic nitrogens is 1. The molecule has 0 spiro atoms. The van der Waals surface area contributed by atoms with Crippen molar-refractivity contribution < 1.29 is 14.3 Å². The van der Waals surface area contributed by atoms with Crippen LogP contribution >= 0.6 is 0 Å². The van der Waals surface area contributed by atoms with Crippen molar-refractivity contribution in [3.05, 3.63) is 54.2 Å². The summed E-state index contributed by atoms with van der Waals surface area (Å²) < 4.78 is 4.95. The molecule has 23 heavy (non-hydrogen) atoms. The number of rotatable bonds is 7. The van der Waals surface area contributed by atoms with Gasteiger partial charge in [-0.3, -0.25) is 9.59 Å². The normalized spacial score (nSPS) is 9.96. The Morgan fingerprint density at radius 1 is 1.13 bits per heavy atom. The maximum atomic E-state index is 11.8. The van der Waals surface area contributed by atoms with Crippen LogP contribution in [0, 0.1) is 0 Å². The number of carbonyl (C=O) groups is 2. The molecule has 6 heteroatoms. The first kappa shape index (κ1) is 16.5. The van der Waals surface area contributed by atoms with E-state index in [1.807, 2.05) is 18.2 Å². The summed E-state index contributed by atoms with van der Waals surface area (Å²) in [6.07, 6.45) is 2.42. The lowest BCUT2D eigenvalue weighted by atomic mass is 10.2. The SMILES string of the molecule is COc1ccc(NC(=O)CCCNC(=O)c2ccccc2)cn1. The molecular formula is C17H19N3O3. The van der Waals surface area contributed by atoms with E-state index in [-0.39, 0.29) is 11.8 Å². The number of anilines is 1. The van der Waals surface area contributed by atoms with E-state index in [0.717, 1.165) is 0 Å². The molecule has 0 aliphatic heterocycles. The summed E-state index contributed by atoms with van der Waals surface area (Å²) in [4.78, 5) is 27.6. The number of nitrogens with zero attached hydrogens (tertiary/aromatic N) is 1. The molecule has 6 nitrogen and oxygen atoms in total. The number of hydrogen-bond donors (Lipinski definition) is 2. The number of ether oxygens (including phenoxy) is 1. The first-order valence-corrected chi connectivity index (χ1v) is 7.32. The third kappa shape index (κ3) is 5.43. The zero-order valence-electron chi connectivity index (χ0n) is 12.9. The van der Waals surface area contributed by atoms with Crippen molar-refractivity contribution >= 4 is 17.5 Å². The van der Waals surface area contributed by atoms with Crippen LogP contribution in [0.3, 0.4) is 0 Å². The van der Waals surface area contributed by atoms with Crippen molar-refractivity contribution in [3.63, 3.8) is 0 Å². The highest BCUT2D eigenvalue weighted by Gasteiger charge is 2.06. The highest BCUT2D eigenvalue weighted by atomic mass is 16.5. The van der Waals surface area contributed by atoms with E-state index in [2.05, 4.69) is 15.6 Å². The summed E-state index contributed by atoms with van der Waals surface area (Å²) in [7, 11) is 1.53. The number of amides is 2. The predicted molar refractivity (Wildman–Crippen MR) is 87.4 cm³/mol. The largest absolute Gasteiger partial charge is 0.481 e. The Kier molecular flexibility index (Phi) is 6.11. The fourth-order valence-corrected chi connectivity index (χ4v) is 1.94. The molecule has 0 radical (unpaired) electrons. The van der Waals surface area contributed by atoms with Gasteiger partial charge < -0.3 is 15.4 Å². The zero-order valence-corrected chi connectivity index (χ0v) is 12.9. The van der Waals surface area contributed by atoms with Gasteiger partial charge in [0.1, 0.15) is 0 Å². The maximum Gasteiger partial charge on any atom is 0.251 e. The van der Waals surface area contributed by atoms with Gasteiger partial charge in [0.2, 0.25) is 11.8 Å². The van der Waals surface area contributed by atoms with Gasteiger partial charge in [0.25, 0.3) is 5.91 Å². The van der Waals surface area contributed by atoms with Gasteiger partial charge in [-0.15, -0.1) is 0 Å². The average molecular weight is 313 g/mol. The minimum atomic E-state index is -0.134. The summed E-state index contributed by atoms with van der Waals surface area (Å²) in [5.41, 5.74) is 1.23. The molecule has 1 aromatic heterocycles. The Morgan fingerprint density at radius 3 is 2.57 bits per heavy atom. The van der Waals surface area contributed by atoms with Gasteiger partial charge in [-0.1, -0.05) is 18.2 Å². The second kappa shape index (κ2) is 8.53. The summed E-state index contributed by atoms with van der Waals surface area (Å²) in [5.74, 6) is 0.239. The van der Waals surface area contributed by atoms with Crippen LogP contribution < -0.4 is 15.4 Å². The van der Waals surface area contributed by atoms with Crippen LogP contribution in [-0.2, 0) is 4.79 Å². The fourth-order valence-electron chi connectivity index (χ4n) is 1.94. The van der Waals surface area contributed by atoms with Crippen LogP contribution in [0.2, 0.25) is 0 Å². The minimum absolute atomic E-state index is 0.120. The molecule has 2 N–H and O–H groups in total. The standard InChI is InChI=1S/C17H19N3O3/c1-23-16-10-9-14(12-19-16)20-15(21)8-5-11-18-17(22)13-6-3-2-4-7-13/h2-4,6-7,9-10,12H,5,8,11H2,1H3,(H,18,22)(H,20,21). The fraction of sp³-hybridized carbons (Fsp3) is 0.235. The third-order valence-corrected chi connectivity index (χ3v) is 3.13. The second-order valence-electron chi connectivity index (χ2n) is 4.86. The van der Waals surface area contributed by atoms with Gasteiger partial charge in [-0.2, -0.15) is 0 Å². The predicted octanol–water partition coefficient (Wildman–Crippen LogP) is 2.24. The van der Waals surface area contributed by atoms with Crippen molar-refractivity contribution in [1.29, 1.82) is 0 Å². The molecule has 0 unspecified atom stereocenters. The molecule has 0 aliphatic rings. The molecule has 1 aromatic carbocycles. The van der Waals surface area contributed by atoms with E-state index in [0.29, 0.717) is 36.5 Å². The van der Waals surface area contributed by atoms with Crippen LogP contribution in [0.15, 0.2) is 48.7 Å². The Hall–Kier alpha value is -2.89. The maximum absolute atomic E-state index is 11.8. The third-order valence-electron chi connectivity index (χ3n) is 3.13. The molecule has 0 saturated carbocycles. The molecule has 0 aliphatic carbocycles. The molecule has 120 valence electrons. The van der Waals surface area contributed by atoms with E-state index >= 15 is 0 Å². The highest BCUT2D eigenvalue weighted by molar-refractivity contribution is 5.94. The van der Waals surface area contributed by atoms with E-state index < -0.39 is 0 Å². The van der Waals surface area contributed by atoms with Crippen molar-refractivity contribution in [3.8, 4) is 5.88 Å². The van der Waals surface area contributed by atoms with Gasteiger partial charge >= 0.3 is 0 Å². The topological polar surface area (TPSA) is 80.3 Å². The average Bonchev–Trinajstić information content (AvgIpc) is 2.60. The molecule has 1 heterocycles. The number of hydrogen-bond acceptors (Lipinski definition) is 4. The van der Waals surface area contributed by atoms with Crippen LogP contribution in [0.5, 0.6) is 5.88 Å². The van der Waals surface area contributed by atoms with Crippen molar-refractivity contribution in [2.24, 2.45) is 0 Å². The Balaban J connectivity index is 1.67. The number of pyridine rings is 1. The lowest BCUT2D eigenvalue weighted by Crippen LogP contribution is -2.25. The van der Waals surface area contributed by atoms with Crippen LogP contribution in [0.1, 0.15) is 23.2 Å². The Morgan fingerprint density at radius 2 is 1.91 bits per heavy atom. The molecule has 2 rings (SSSR count). The van der Waals surface area contributed by atoms with Crippen LogP contribution in [-0.4, -0.2) is 30.5 Å². The van der Waals surface area contributed by atoms with E-state index in [1.165, 1.54) is 13.3 Å². The van der Waals surface area contributed by atoms with Gasteiger partial charge in [-0.05, 0) is 24.6 Å². The quantitative estimate of drug-likeness (QED) is 0.768. The molecule has 2 aromatic rings. The van der Waals surface area contributed by atoms with E-state index in [9.17, 15) is 9.59 Å². The zero-order chi connectivity index (χ0) is 16.5. The highest BCUT2D eigenvalue weighted by Crippen LogP contribution is 2.11. The molecule has 0 bridgehead atoms. The van der Waals surface area contributed by atoms with Gasteiger partial charge in [0.05, 0.1) is 19.0 Å². The van der Waals surface area contributed by atoms with Gasteiger partial charge in [0.15, 0.2) is 0 Å². The number of benzene rings is 1. The van der Waals surface area contributed by atoms with E-state index in [4.69, 9.17) is 4.74 Å². The van der Waals surface area contributed by atoms with Crippen LogP contribution in [0.4, 0.5) is 5.69 Å². The van der Waals surface area contributed by atoms with Gasteiger partial charge in [-0.25, -0.2) is 4.98 Å². The monoisotopic (exact) mass is 313 g/mol. The first-order valence-electron chi connectivity index (χ1n) is 7.32. The van der Waals surface area contributed by atoms with Crippen molar-refractivity contribution in [2.45, 2.75) is 12.8 Å². The number of carbonyl (C=O) groups excluding carboxylic acids is 2. The summed E-state index contributed by atoms with van der Waals surface area (Å²) in [5, 5.41) is 5.53. The molecule has 0 fully saturated rings. The smallest absolute Gasteiger partial charge is 0.251 e. The lowest BCUT2D eigenvalue weighted by molar-refractivity contribution is -0.116. The van der Waals surface area contributed by atoms with Crippen molar-refractivity contribution in [2.75, 3.05) is 19.0 Å². The number of methoxy groups -OCH3 is 1. The molecular weight excluding hydrogens is 294 g/mol. The van der Waals surface area contributed by atoms with Crippen LogP contribution in [0.25, 0.3) is 0 Å². The summed E-state index contributed by atoms with van der Waals surface area (Å²) in [6.45, 7) is 0.446. The Bertz CT molecular complexity index is 642. The molecule has 0 atom stereocenters. The number of nitrogens with one attached hydrogen (secondary N) is 2. The van der Waals surface area contributed by atoms with Crippen molar-refractivity contribution in [1.82, 2.24) is 10.3 Å². The summed E-state index contributed by atoms with van der Waals surface area (Å²) in [6, 6.07) is 12.4. The van der Waals surface area contributed by atoms with Gasteiger partial charge in [0, 0.05) is 24.6 Å². The summed E-state index contributed by atoms with van der Waals surface area (Å²) >= 11 is 0. The minimum Gasteiger partial charge on any atom is -0.481 e.